The van der Waals surface area contributed by atoms with Crippen LogP contribution in [0.3, 0.4) is 0 Å². The van der Waals surface area contributed by atoms with E-state index in [1.165, 1.54) is 38.2 Å². The minimum absolute atomic E-state index is 0.138. The maximum atomic E-state index is 12.3. The summed E-state index contributed by atoms with van der Waals surface area (Å²) in [5.74, 6) is 0. The van der Waals surface area contributed by atoms with Crippen LogP contribution in [0.25, 0.3) is 98.4 Å². The molecule has 0 unspecified atom stereocenters. The van der Waals surface area contributed by atoms with Crippen molar-refractivity contribution in [3.8, 4) is 33.4 Å². The number of hydrogen-bond acceptors (Lipinski definition) is 3. The summed E-state index contributed by atoms with van der Waals surface area (Å²) in [5.41, 5.74) is 8.43. The van der Waals surface area contributed by atoms with Crippen molar-refractivity contribution in [1.82, 2.24) is 0 Å². The first-order valence-electron chi connectivity index (χ1n) is 16.7. The minimum Gasteiger partial charge on any atom is -0.456 e. The third-order valence-corrected chi connectivity index (χ3v) is 10.1. The van der Waals surface area contributed by atoms with E-state index in [1.54, 1.807) is 0 Å². The number of benzene rings is 9. The molecule has 0 amide bonds. The molecule has 0 fully saturated rings. The maximum absolute atomic E-state index is 12.3. The molecule has 1 aromatic heterocycles. The summed E-state index contributed by atoms with van der Waals surface area (Å²) in [5, 5.41) is 22.1. The lowest BCUT2D eigenvalue weighted by atomic mass is 9.86. The Bertz CT molecular complexity index is 2900. The van der Waals surface area contributed by atoms with Gasteiger partial charge in [-0.2, -0.15) is 0 Å². The first kappa shape index (κ1) is 28.3. The van der Waals surface area contributed by atoms with Crippen LogP contribution >= 0.6 is 0 Å². The molecule has 0 spiro atoms. The van der Waals surface area contributed by atoms with Gasteiger partial charge in [-0.15, -0.1) is 0 Å². The molecular weight excluding hydrogens is 615 g/mol. The molecule has 0 aliphatic carbocycles. The molecule has 4 nitrogen and oxygen atoms in total. The first-order chi connectivity index (χ1) is 24.7. The monoisotopic (exact) mass is 641 g/mol. The standard InChI is InChI=1S/C46H27NO3/c48-47(49)46-38-20-10-8-18-36(38)44(37-19-9-11-21-39(37)46)29-23-25-41-40(26-29)31-24-22-30(27-42(31)50-41)45-34-16-6-4-14-32(34)43(28-12-2-1-3-13-28)33-15-5-7-17-35(33)45/h1-27H. The lowest BCUT2D eigenvalue weighted by Crippen LogP contribution is -1.94. The molecule has 0 aliphatic rings. The Morgan fingerprint density at radius 3 is 1.30 bits per heavy atom. The maximum Gasteiger partial charge on any atom is 0.284 e. The van der Waals surface area contributed by atoms with E-state index in [4.69, 9.17) is 4.42 Å². The van der Waals surface area contributed by atoms with Gasteiger partial charge >= 0.3 is 0 Å². The van der Waals surface area contributed by atoms with E-state index in [-0.39, 0.29) is 10.6 Å². The minimum atomic E-state index is -0.263. The van der Waals surface area contributed by atoms with Gasteiger partial charge in [-0.3, -0.25) is 10.1 Å². The lowest BCUT2D eigenvalue weighted by Gasteiger charge is -2.17. The Labute approximate surface area is 286 Å². The van der Waals surface area contributed by atoms with E-state index >= 15 is 0 Å². The Balaban J connectivity index is 1.20. The summed E-state index contributed by atoms with van der Waals surface area (Å²) in [7, 11) is 0. The van der Waals surface area contributed by atoms with Crippen LogP contribution in [-0.4, -0.2) is 4.92 Å². The fourth-order valence-corrected chi connectivity index (χ4v) is 8.06. The lowest BCUT2D eigenvalue weighted by molar-refractivity contribution is -0.381. The van der Waals surface area contributed by atoms with Crippen LogP contribution in [0.2, 0.25) is 0 Å². The van der Waals surface area contributed by atoms with Crippen molar-refractivity contribution in [2.75, 3.05) is 0 Å². The largest absolute Gasteiger partial charge is 0.456 e. The molecule has 0 atom stereocenters. The van der Waals surface area contributed by atoms with E-state index < -0.39 is 0 Å². The summed E-state index contributed by atoms with van der Waals surface area (Å²) >= 11 is 0. The predicted octanol–water partition coefficient (Wildman–Crippen LogP) is 13.1. The molecule has 1 heterocycles. The molecule has 0 aliphatic heterocycles. The van der Waals surface area contributed by atoms with Crippen LogP contribution < -0.4 is 0 Å². The highest BCUT2D eigenvalue weighted by molar-refractivity contribution is 6.23. The quantitative estimate of drug-likeness (QED) is 0.109. The number of furan rings is 1. The van der Waals surface area contributed by atoms with Crippen LogP contribution in [0, 0.1) is 10.1 Å². The van der Waals surface area contributed by atoms with Crippen LogP contribution in [0.4, 0.5) is 5.69 Å². The normalized spacial score (nSPS) is 11.8. The summed E-state index contributed by atoms with van der Waals surface area (Å²) < 4.78 is 6.56. The van der Waals surface area contributed by atoms with Crippen molar-refractivity contribution in [3.05, 3.63) is 174 Å². The van der Waals surface area contributed by atoms with Gasteiger partial charge in [0.2, 0.25) is 0 Å². The second-order valence-corrected chi connectivity index (χ2v) is 12.8. The molecule has 0 saturated heterocycles. The van der Waals surface area contributed by atoms with Crippen LogP contribution in [0.1, 0.15) is 0 Å². The Hall–Kier alpha value is -6.78. The number of hydrogen-bond donors (Lipinski definition) is 0. The van der Waals surface area contributed by atoms with E-state index in [0.29, 0.717) is 10.8 Å². The van der Waals surface area contributed by atoms with Crippen molar-refractivity contribution >= 4 is 70.7 Å². The number of nitrogens with zero attached hydrogens (tertiary/aromatic N) is 1. The third kappa shape index (κ3) is 4.12. The highest BCUT2D eigenvalue weighted by atomic mass is 16.6. The molecule has 50 heavy (non-hydrogen) atoms. The fourth-order valence-electron chi connectivity index (χ4n) is 8.06. The van der Waals surface area contributed by atoms with Crippen LogP contribution in [0.5, 0.6) is 0 Å². The topological polar surface area (TPSA) is 56.3 Å². The summed E-state index contributed by atoms with van der Waals surface area (Å²) in [6, 6.07) is 56.0. The number of rotatable bonds is 4. The van der Waals surface area contributed by atoms with E-state index in [9.17, 15) is 10.1 Å². The van der Waals surface area contributed by atoms with Gasteiger partial charge in [0, 0.05) is 10.8 Å². The van der Waals surface area contributed by atoms with Crippen LogP contribution in [-0.2, 0) is 0 Å². The SMILES string of the molecule is O=[N+]([O-])c1c2ccccc2c(-c2ccc3oc4cc(-c5c6ccccc6c(-c6ccccc6)c6ccccc56)ccc4c3c2)c2ccccc12. The number of non-ortho nitro benzene ring substituents is 1. The van der Waals surface area contributed by atoms with Gasteiger partial charge < -0.3 is 4.42 Å². The molecule has 10 aromatic rings. The van der Waals surface area contributed by atoms with Crippen molar-refractivity contribution in [1.29, 1.82) is 0 Å². The second-order valence-electron chi connectivity index (χ2n) is 12.8. The van der Waals surface area contributed by atoms with E-state index in [0.717, 1.165) is 49.4 Å². The van der Waals surface area contributed by atoms with Gasteiger partial charge in [0.05, 0.1) is 15.7 Å². The van der Waals surface area contributed by atoms with Gasteiger partial charge in [-0.25, -0.2) is 0 Å². The number of nitro groups is 1. The average molecular weight is 642 g/mol. The van der Waals surface area contributed by atoms with Crippen molar-refractivity contribution < 1.29 is 9.34 Å². The van der Waals surface area contributed by atoms with Gasteiger partial charge in [-0.05, 0) is 102 Å². The van der Waals surface area contributed by atoms with Gasteiger partial charge in [0.15, 0.2) is 0 Å². The van der Waals surface area contributed by atoms with Crippen molar-refractivity contribution in [2.24, 2.45) is 0 Å². The Kier molecular flexibility index (Phi) is 6.14. The zero-order valence-electron chi connectivity index (χ0n) is 26.8. The van der Waals surface area contributed by atoms with Gasteiger partial charge in [0.25, 0.3) is 5.69 Å². The van der Waals surface area contributed by atoms with Gasteiger partial charge in [0.1, 0.15) is 11.2 Å². The molecule has 4 heteroatoms. The molecule has 9 aromatic carbocycles. The molecule has 0 bridgehead atoms. The Morgan fingerprint density at radius 1 is 0.360 bits per heavy atom. The van der Waals surface area contributed by atoms with Gasteiger partial charge in [-0.1, -0.05) is 127 Å². The first-order valence-corrected chi connectivity index (χ1v) is 16.7. The molecular formula is C46H27NO3. The van der Waals surface area contributed by atoms with E-state index in [2.05, 4.69) is 109 Å². The molecule has 10 rings (SSSR count). The number of fused-ring (bicyclic) bond motifs is 7. The fraction of sp³-hybridized carbons (Fsp3) is 0. The summed E-state index contributed by atoms with van der Waals surface area (Å²) in [4.78, 5) is 12.0. The zero-order valence-corrected chi connectivity index (χ0v) is 26.8. The number of nitro benzene ring substituents is 1. The third-order valence-electron chi connectivity index (χ3n) is 10.1. The zero-order chi connectivity index (χ0) is 33.3. The highest BCUT2D eigenvalue weighted by Gasteiger charge is 2.23. The van der Waals surface area contributed by atoms with E-state index in [1.807, 2.05) is 54.6 Å². The van der Waals surface area contributed by atoms with Crippen molar-refractivity contribution in [2.45, 2.75) is 0 Å². The molecule has 0 N–H and O–H groups in total. The second kappa shape index (κ2) is 10.9. The summed E-state index contributed by atoms with van der Waals surface area (Å²) in [6.07, 6.45) is 0. The van der Waals surface area contributed by atoms with Crippen LogP contribution in [0.15, 0.2) is 168 Å². The molecule has 234 valence electrons. The highest BCUT2D eigenvalue weighted by Crippen LogP contribution is 2.46. The Morgan fingerprint density at radius 2 is 0.780 bits per heavy atom. The van der Waals surface area contributed by atoms with Crippen molar-refractivity contribution in [3.63, 3.8) is 0 Å². The smallest absolute Gasteiger partial charge is 0.284 e. The average Bonchev–Trinajstić information content (AvgIpc) is 3.53. The predicted molar refractivity (Wildman–Crippen MR) is 207 cm³/mol. The molecule has 0 saturated carbocycles. The summed E-state index contributed by atoms with van der Waals surface area (Å²) in [6.45, 7) is 0. The molecule has 0 radical (unpaired) electrons.